The number of benzene rings is 1. The fourth-order valence-electron chi connectivity index (χ4n) is 1.73. The molecule has 0 aliphatic heterocycles. The van der Waals surface area contributed by atoms with Crippen molar-refractivity contribution in [1.29, 1.82) is 0 Å². The molecule has 1 aromatic carbocycles. The highest BCUT2D eigenvalue weighted by molar-refractivity contribution is 6.30. The summed E-state index contributed by atoms with van der Waals surface area (Å²) in [7, 11) is 0. The van der Waals surface area contributed by atoms with Crippen LogP contribution in [0.1, 0.15) is 34.6 Å². The molecule has 100 valence electrons. The number of carboxylic acids is 1. The van der Waals surface area contributed by atoms with Crippen LogP contribution in [-0.4, -0.2) is 11.1 Å². The van der Waals surface area contributed by atoms with Crippen LogP contribution < -0.4 is 5.32 Å². The molecule has 0 aliphatic carbocycles. The molecule has 1 atom stereocenters. The van der Waals surface area contributed by atoms with Crippen LogP contribution in [0.2, 0.25) is 5.02 Å². The molecule has 2 N–H and O–H groups in total. The summed E-state index contributed by atoms with van der Waals surface area (Å²) in [5.41, 5.74) is 1.23. The second-order valence-corrected chi connectivity index (χ2v) is 4.70. The molecule has 0 bridgehead atoms. The standard InChI is InChI=1S/C14H14ClNO3/c1-9(10-3-2-4-12(15)5-10)16-7-13-6-11(8-19-13)14(17)18/h2-6,8-9,16H,7H2,1H3,(H,17,18). The molecule has 5 heteroatoms. The van der Waals surface area contributed by atoms with Gasteiger partial charge in [0.1, 0.15) is 12.0 Å². The van der Waals surface area contributed by atoms with Crippen molar-refractivity contribution in [2.75, 3.05) is 0 Å². The number of halogens is 1. The average molecular weight is 280 g/mol. The Bertz CT molecular complexity index is 580. The predicted molar refractivity (Wildman–Crippen MR) is 72.4 cm³/mol. The maximum atomic E-state index is 10.7. The van der Waals surface area contributed by atoms with Gasteiger partial charge in [-0.05, 0) is 30.7 Å². The molecule has 0 saturated heterocycles. The minimum atomic E-state index is -0.988. The maximum Gasteiger partial charge on any atom is 0.338 e. The summed E-state index contributed by atoms with van der Waals surface area (Å²) in [6.45, 7) is 2.47. The van der Waals surface area contributed by atoms with Gasteiger partial charge in [0.2, 0.25) is 0 Å². The van der Waals surface area contributed by atoms with Crippen LogP contribution >= 0.6 is 11.6 Å². The monoisotopic (exact) mass is 279 g/mol. The molecule has 0 amide bonds. The summed E-state index contributed by atoms with van der Waals surface area (Å²) >= 11 is 5.93. The third-order valence-electron chi connectivity index (χ3n) is 2.83. The molecular weight excluding hydrogens is 266 g/mol. The zero-order valence-corrected chi connectivity index (χ0v) is 11.1. The third kappa shape index (κ3) is 3.59. The first-order valence-electron chi connectivity index (χ1n) is 5.86. The lowest BCUT2D eigenvalue weighted by molar-refractivity contribution is 0.0696. The average Bonchev–Trinajstić information content (AvgIpc) is 2.85. The van der Waals surface area contributed by atoms with E-state index >= 15 is 0 Å². The number of nitrogens with one attached hydrogen (secondary N) is 1. The van der Waals surface area contributed by atoms with Crippen LogP contribution in [0.5, 0.6) is 0 Å². The Morgan fingerprint density at radius 1 is 1.47 bits per heavy atom. The first-order chi connectivity index (χ1) is 9.06. The molecule has 0 aliphatic rings. The van der Waals surface area contributed by atoms with Crippen LogP contribution in [0.15, 0.2) is 41.0 Å². The molecule has 0 fully saturated rings. The highest BCUT2D eigenvalue weighted by Gasteiger charge is 2.10. The topological polar surface area (TPSA) is 62.5 Å². The van der Waals surface area contributed by atoms with Crippen LogP contribution in [0.3, 0.4) is 0 Å². The van der Waals surface area contributed by atoms with Crippen molar-refractivity contribution in [3.8, 4) is 0 Å². The number of aromatic carboxylic acids is 1. The van der Waals surface area contributed by atoms with E-state index in [0.29, 0.717) is 17.3 Å². The molecule has 0 spiro atoms. The zero-order valence-electron chi connectivity index (χ0n) is 10.4. The Hall–Kier alpha value is -1.78. The molecular formula is C14H14ClNO3. The van der Waals surface area contributed by atoms with Gasteiger partial charge in [0.25, 0.3) is 0 Å². The Morgan fingerprint density at radius 3 is 2.89 bits per heavy atom. The largest absolute Gasteiger partial charge is 0.478 e. The fraction of sp³-hybridized carbons (Fsp3) is 0.214. The minimum Gasteiger partial charge on any atom is -0.478 e. The summed E-state index contributed by atoms with van der Waals surface area (Å²) < 4.78 is 5.17. The maximum absolute atomic E-state index is 10.7. The van der Waals surface area contributed by atoms with Crippen molar-refractivity contribution in [1.82, 2.24) is 5.32 Å². The Morgan fingerprint density at radius 2 is 2.26 bits per heavy atom. The van der Waals surface area contributed by atoms with E-state index in [1.54, 1.807) is 0 Å². The van der Waals surface area contributed by atoms with Gasteiger partial charge in [-0.3, -0.25) is 0 Å². The van der Waals surface area contributed by atoms with Crippen LogP contribution in [0, 0.1) is 0 Å². The van der Waals surface area contributed by atoms with Gasteiger partial charge in [0.05, 0.1) is 12.1 Å². The summed E-state index contributed by atoms with van der Waals surface area (Å²) in [4.78, 5) is 10.7. The van der Waals surface area contributed by atoms with Crippen LogP contribution in [0.4, 0.5) is 0 Å². The van der Waals surface area contributed by atoms with E-state index in [9.17, 15) is 4.79 Å². The number of carboxylic acid groups (broad SMARTS) is 1. The molecule has 19 heavy (non-hydrogen) atoms. The first kappa shape index (κ1) is 13.6. The van der Waals surface area contributed by atoms with E-state index < -0.39 is 5.97 Å². The van der Waals surface area contributed by atoms with Gasteiger partial charge in [0.15, 0.2) is 0 Å². The summed E-state index contributed by atoms with van der Waals surface area (Å²) in [5, 5.41) is 12.7. The first-order valence-corrected chi connectivity index (χ1v) is 6.23. The Labute approximate surface area is 116 Å². The van der Waals surface area contributed by atoms with Crippen molar-refractivity contribution in [3.05, 3.63) is 58.5 Å². The van der Waals surface area contributed by atoms with E-state index in [0.717, 1.165) is 5.56 Å². The Kier molecular flexibility index (Phi) is 4.24. The van der Waals surface area contributed by atoms with Crippen LogP contribution in [-0.2, 0) is 6.54 Å². The molecule has 1 unspecified atom stereocenters. The van der Waals surface area contributed by atoms with Crippen molar-refractivity contribution in [2.24, 2.45) is 0 Å². The quantitative estimate of drug-likeness (QED) is 0.879. The van der Waals surface area contributed by atoms with E-state index in [4.69, 9.17) is 21.1 Å². The smallest absolute Gasteiger partial charge is 0.338 e. The fourth-order valence-corrected chi connectivity index (χ4v) is 1.93. The number of furan rings is 1. The zero-order chi connectivity index (χ0) is 13.8. The molecule has 2 rings (SSSR count). The minimum absolute atomic E-state index is 0.0945. The second kappa shape index (κ2) is 5.91. The van der Waals surface area contributed by atoms with Gasteiger partial charge in [-0.15, -0.1) is 0 Å². The van der Waals surface area contributed by atoms with Crippen molar-refractivity contribution >= 4 is 17.6 Å². The van der Waals surface area contributed by atoms with E-state index in [-0.39, 0.29) is 11.6 Å². The summed E-state index contributed by atoms with van der Waals surface area (Å²) in [6.07, 6.45) is 1.24. The lowest BCUT2D eigenvalue weighted by Gasteiger charge is -2.13. The van der Waals surface area contributed by atoms with Gasteiger partial charge in [0, 0.05) is 11.1 Å². The predicted octanol–water partition coefficient (Wildman–Crippen LogP) is 3.48. The van der Waals surface area contributed by atoms with Crippen LogP contribution in [0.25, 0.3) is 0 Å². The molecule has 2 aromatic rings. The molecule has 1 aromatic heterocycles. The van der Waals surface area contributed by atoms with E-state index in [1.807, 2.05) is 31.2 Å². The van der Waals surface area contributed by atoms with E-state index in [1.165, 1.54) is 12.3 Å². The number of hydrogen-bond acceptors (Lipinski definition) is 3. The third-order valence-corrected chi connectivity index (χ3v) is 3.07. The van der Waals surface area contributed by atoms with Gasteiger partial charge < -0.3 is 14.8 Å². The van der Waals surface area contributed by atoms with Gasteiger partial charge >= 0.3 is 5.97 Å². The lowest BCUT2D eigenvalue weighted by Crippen LogP contribution is -2.17. The normalized spacial score (nSPS) is 12.3. The highest BCUT2D eigenvalue weighted by atomic mass is 35.5. The number of rotatable bonds is 5. The van der Waals surface area contributed by atoms with Gasteiger partial charge in [-0.25, -0.2) is 4.79 Å². The molecule has 1 heterocycles. The van der Waals surface area contributed by atoms with Gasteiger partial charge in [-0.2, -0.15) is 0 Å². The van der Waals surface area contributed by atoms with E-state index in [2.05, 4.69) is 5.32 Å². The van der Waals surface area contributed by atoms with Crippen molar-refractivity contribution < 1.29 is 14.3 Å². The Balaban J connectivity index is 1.96. The number of carbonyl (C=O) groups is 1. The summed E-state index contributed by atoms with van der Waals surface area (Å²) in [5.74, 6) is -0.399. The molecule has 0 saturated carbocycles. The lowest BCUT2D eigenvalue weighted by atomic mass is 10.1. The molecule has 0 radical (unpaired) electrons. The SMILES string of the molecule is CC(NCc1cc(C(=O)O)co1)c1cccc(Cl)c1. The van der Waals surface area contributed by atoms with Crippen molar-refractivity contribution in [2.45, 2.75) is 19.5 Å². The number of hydrogen-bond donors (Lipinski definition) is 2. The molecule has 4 nitrogen and oxygen atoms in total. The summed E-state index contributed by atoms with van der Waals surface area (Å²) in [6, 6.07) is 9.20. The highest BCUT2D eigenvalue weighted by Crippen LogP contribution is 2.18. The van der Waals surface area contributed by atoms with Gasteiger partial charge in [-0.1, -0.05) is 23.7 Å². The second-order valence-electron chi connectivity index (χ2n) is 4.26. The van der Waals surface area contributed by atoms with Crippen molar-refractivity contribution in [3.63, 3.8) is 0 Å².